The van der Waals surface area contributed by atoms with Crippen molar-refractivity contribution in [2.45, 2.75) is 12.1 Å². The molecule has 70 valence electrons. The molecule has 0 aromatic carbocycles. The number of hydrogen-bond donors (Lipinski definition) is 6. The lowest BCUT2D eigenvalue weighted by Gasteiger charge is -2.46. The van der Waals surface area contributed by atoms with Crippen LogP contribution in [0.4, 0.5) is 0 Å². The van der Waals surface area contributed by atoms with Gasteiger partial charge in [0.1, 0.15) is 5.82 Å². The van der Waals surface area contributed by atoms with Crippen LogP contribution >= 0.6 is 0 Å². The molecule has 1 unspecified atom stereocenters. The van der Waals surface area contributed by atoms with E-state index < -0.39 is 12.1 Å². The number of hydrazine groups is 2. The van der Waals surface area contributed by atoms with Gasteiger partial charge in [0, 0.05) is 0 Å². The fourth-order valence-corrected chi connectivity index (χ4v) is 0.906. The smallest absolute Gasteiger partial charge is 0.231 e. The predicted molar refractivity (Wildman–Crippen MR) is 43.4 cm³/mol. The van der Waals surface area contributed by atoms with Crippen molar-refractivity contribution < 1.29 is 0 Å². The first kappa shape index (κ1) is 9.19. The molecule has 0 spiro atoms. The van der Waals surface area contributed by atoms with Crippen molar-refractivity contribution in [3.63, 3.8) is 0 Å². The Morgan fingerprint density at radius 1 is 1.33 bits per heavy atom. The molecule has 1 heterocycles. The molecule has 0 aromatic heterocycles. The van der Waals surface area contributed by atoms with Crippen molar-refractivity contribution in [2.75, 3.05) is 0 Å². The summed E-state index contributed by atoms with van der Waals surface area (Å²) in [5.41, 5.74) is 22.0. The fraction of sp³-hybridized carbons (Fsp3) is 0.500. The Hall–Kier alpha value is -0.900. The Morgan fingerprint density at radius 2 is 1.83 bits per heavy atom. The van der Waals surface area contributed by atoms with Gasteiger partial charge in [-0.05, 0) is 6.08 Å². The lowest BCUT2D eigenvalue weighted by atomic mass is 10.3. The lowest BCUT2D eigenvalue weighted by Crippen LogP contribution is -2.81. The minimum Gasteiger partial charge on any atom is -0.384 e. The molecular weight excluding hydrogens is 160 g/mol. The largest absolute Gasteiger partial charge is 0.384 e. The van der Waals surface area contributed by atoms with Gasteiger partial charge in [0.15, 0.2) is 0 Å². The zero-order valence-corrected chi connectivity index (χ0v) is 6.51. The third-order valence-electron chi connectivity index (χ3n) is 1.74. The van der Waals surface area contributed by atoms with Crippen LogP contribution in [0.15, 0.2) is 11.9 Å². The van der Waals surface area contributed by atoms with Gasteiger partial charge in [0.05, 0.1) is 6.17 Å². The zero-order valence-electron chi connectivity index (χ0n) is 6.51. The van der Waals surface area contributed by atoms with E-state index in [0.29, 0.717) is 0 Å². The third-order valence-corrected chi connectivity index (χ3v) is 1.74. The van der Waals surface area contributed by atoms with Gasteiger partial charge in [-0.2, -0.15) is 5.01 Å². The molecule has 8 nitrogen and oxygen atoms in total. The summed E-state index contributed by atoms with van der Waals surface area (Å²) >= 11 is 0. The van der Waals surface area contributed by atoms with Gasteiger partial charge in [0.2, 0.25) is 5.91 Å². The van der Waals surface area contributed by atoms with Crippen LogP contribution in [0.25, 0.3) is 0 Å². The maximum Gasteiger partial charge on any atom is 0.231 e. The first-order valence-corrected chi connectivity index (χ1v) is 3.27. The Labute approximate surface area is 69.6 Å². The van der Waals surface area contributed by atoms with Gasteiger partial charge in [-0.3, -0.25) is 17.3 Å². The van der Waals surface area contributed by atoms with Crippen molar-refractivity contribution in [3.8, 4) is 0 Å². The van der Waals surface area contributed by atoms with Crippen LogP contribution in [0.5, 0.6) is 0 Å². The van der Waals surface area contributed by atoms with E-state index in [9.17, 15) is 0 Å². The van der Waals surface area contributed by atoms with E-state index in [1.807, 2.05) is 0 Å². The van der Waals surface area contributed by atoms with E-state index in [2.05, 4.69) is 0 Å². The molecule has 12 N–H and O–H groups in total. The summed E-state index contributed by atoms with van der Waals surface area (Å²) in [7, 11) is 0. The van der Waals surface area contributed by atoms with Crippen molar-refractivity contribution in [1.29, 1.82) is 0 Å². The Kier molecular flexibility index (Phi) is 1.96. The molecule has 0 aliphatic carbocycles. The van der Waals surface area contributed by atoms with E-state index in [1.54, 1.807) is 0 Å². The quantitative estimate of drug-likeness (QED) is 0.160. The zero-order chi connectivity index (χ0) is 9.52. The van der Waals surface area contributed by atoms with Crippen LogP contribution in [-0.2, 0) is 0 Å². The van der Waals surface area contributed by atoms with Crippen molar-refractivity contribution >= 4 is 0 Å². The molecule has 1 atom stereocenters. The Morgan fingerprint density at radius 3 is 2.33 bits per heavy atom. The Balaban J connectivity index is 3.00. The summed E-state index contributed by atoms with van der Waals surface area (Å²) in [5.74, 6) is 9.50. The molecule has 1 aliphatic heterocycles. The molecule has 0 saturated heterocycles. The van der Waals surface area contributed by atoms with Crippen molar-refractivity contribution in [2.24, 2.45) is 34.6 Å². The standard InChI is InChI=1S/C4H14N8/c5-2-1-3(6)12(10)4(7,8)11(2)9/h1-2H,5-10H2. The minimum atomic E-state index is -1.56. The molecular formula is C4H14N8. The van der Waals surface area contributed by atoms with E-state index in [1.165, 1.54) is 6.08 Å². The molecule has 0 amide bonds. The average Bonchev–Trinajstić information content (AvgIpc) is 1.99. The third kappa shape index (κ3) is 1.12. The van der Waals surface area contributed by atoms with Crippen LogP contribution in [0.3, 0.4) is 0 Å². The summed E-state index contributed by atoms with van der Waals surface area (Å²) in [6.07, 6.45) is 0.803. The van der Waals surface area contributed by atoms with Gasteiger partial charge in [-0.15, -0.1) is 0 Å². The van der Waals surface area contributed by atoms with Crippen LogP contribution in [-0.4, -0.2) is 22.1 Å². The van der Waals surface area contributed by atoms with E-state index in [0.717, 1.165) is 10.0 Å². The number of nitrogens with zero attached hydrogens (tertiary/aromatic N) is 2. The highest BCUT2D eigenvalue weighted by Gasteiger charge is 2.39. The molecule has 0 bridgehead atoms. The molecule has 1 aliphatic rings. The first-order valence-electron chi connectivity index (χ1n) is 3.27. The lowest BCUT2D eigenvalue weighted by molar-refractivity contribution is -0.0651. The first-order chi connectivity index (χ1) is 5.37. The van der Waals surface area contributed by atoms with Crippen molar-refractivity contribution in [1.82, 2.24) is 10.0 Å². The fourth-order valence-electron chi connectivity index (χ4n) is 0.906. The van der Waals surface area contributed by atoms with E-state index >= 15 is 0 Å². The highest BCUT2D eigenvalue weighted by atomic mass is 15.7. The molecule has 8 heteroatoms. The highest BCUT2D eigenvalue weighted by Crippen LogP contribution is 2.12. The summed E-state index contributed by atoms with van der Waals surface area (Å²) in [4.78, 5) is 0. The summed E-state index contributed by atoms with van der Waals surface area (Å²) < 4.78 is 0. The maximum atomic E-state index is 5.52. The molecule has 12 heavy (non-hydrogen) atoms. The van der Waals surface area contributed by atoms with Gasteiger partial charge < -0.3 is 11.5 Å². The topological polar surface area (TPSA) is 163 Å². The predicted octanol–water partition coefficient (Wildman–Crippen LogP) is -4.04. The monoisotopic (exact) mass is 174 g/mol. The summed E-state index contributed by atoms with van der Waals surface area (Å²) in [6.45, 7) is 0. The second-order valence-electron chi connectivity index (χ2n) is 2.64. The van der Waals surface area contributed by atoms with Crippen LogP contribution in [0, 0.1) is 0 Å². The molecule has 0 aromatic rings. The normalized spacial score (nSPS) is 30.2. The molecule has 0 fully saturated rings. The summed E-state index contributed by atoms with van der Waals surface area (Å²) in [5, 5.41) is 1.94. The van der Waals surface area contributed by atoms with Gasteiger partial charge in [-0.25, -0.2) is 10.9 Å². The van der Waals surface area contributed by atoms with Crippen molar-refractivity contribution in [3.05, 3.63) is 11.9 Å². The number of rotatable bonds is 0. The minimum absolute atomic E-state index is 0.189. The molecule has 0 saturated carbocycles. The number of hydrogen-bond acceptors (Lipinski definition) is 8. The van der Waals surface area contributed by atoms with Gasteiger partial charge in [0.25, 0.3) is 0 Å². The SMILES string of the molecule is NC1=CC(N)N(N)C(N)(N)N1N. The summed E-state index contributed by atoms with van der Waals surface area (Å²) in [6, 6.07) is 0. The molecule has 1 rings (SSSR count). The second kappa shape index (κ2) is 2.55. The number of nitrogens with two attached hydrogens (primary N) is 6. The van der Waals surface area contributed by atoms with E-state index in [4.69, 9.17) is 34.6 Å². The Bertz CT molecular complexity index is 209. The van der Waals surface area contributed by atoms with E-state index in [-0.39, 0.29) is 5.82 Å². The van der Waals surface area contributed by atoms with Crippen LogP contribution in [0.2, 0.25) is 0 Å². The van der Waals surface area contributed by atoms with Gasteiger partial charge in [-0.1, -0.05) is 0 Å². The van der Waals surface area contributed by atoms with Crippen LogP contribution in [0.1, 0.15) is 0 Å². The average molecular weight is 174 g/mol. The second-order valence-corrected chi connectivity index (χ2v) is 2.64. The molecule has 0 radical (unpaired) electrons. The highest BCUT2D eigenvalue weighted by molar-refractivity contribution is 5.07. The van der Waals surface area contributed by atoms with Crippen LogP contribution < -0.4 is 34.6 Å². The van der Waals surface area contributed by atoms with Gasteiger partial charge >= 0.3 is 0 Å². The maximum absolute atomic E-state index is 5.52.